The van der Waals surface area contributed by atoms with Gasteiger partial charge < -0.3 is 4.74 Å². The smallest absolute Gasteiger partial charge is 0.154 e. The molecule has 0 aliphatic carbocycles. The van der Waals surface area contributed by atoms with Gasteiger partial charge in [-0.25, -0.2) is 4.39 Å². The molecule has 2 aromatic carbocycles. The van der Waals surface area contributed by atoms with E-state index in [2.05, 4.69) is 24.0 Å². The molecule has 3 atom stereocenters. The number of halogens is 1. The molecule has 2 aromatic rings. The minimum Gasteiger partial charge on any atom is -0.497 e. The molecular formula is C27H34FNO2. The summed E-state index contributed by atoms with van der Waals surface area (Å²) in [6.07, 6.45) is 8.43. The van der Waals surface area contributed by atoms with Crippen LogP contribution in [0, 0.1) is 11.7 Å². The molecule has 31 heavy (non-hydrogen) atoms. The SMILES string of the molecule is CCCCCN1C/C=C\[C@@H](c2ccc(OC)cc2)[C@H](Cc2ccc(F)cc2)C(=O)[C@@H]1C. The molecule has 0 radical (unpaired) electrons. The van der Waals surface area contributed by atoms with Crippen LogP contribution in [0.2, 0.25) is 0 Å². The van der Waals surface area contributed by atoms with Crippen molar-refractivity contribution < 1.29 is 13.9 Å². The van der Waals surface area contributed by atoms with Gasteiger partial charge in [0.15, 0.2) is 5.78 Å². The average molecular weight is 424 g/mol. The number of ether oxygens (including phenoxy) is 1. The van der Waals surface area contributed by atoms with Crippen molar-refractivity contribution >= 4 is 5.78 Å². The van der Waals surface area contributed by atoms with Gasteiger partial charge in [-0.2, -0.15) is 0 Å². The van der Waals surface area contributed by atoms with Crippen molar-refractivity contribution in [2.75, 3.05) is 20.2 Å². The molecule has 0 saturated heterocycles. The van der Waals surface area contributed by atoms with Gasteiger partial charge in [-0.3, -0.25) is 9.69 Å². The van der Waals surface area contributed by atoms with Gasteiger partial charge in [0.05, 0.1) is 13.2 Å². The second-order valence-corrected chi connectivity index (χ2v) is 8.44. The summed E-state index contributed by atoms with van der Waals surface area (Å²) in [6.45, 7) is 5.95. The molecule has 0 aromatic heterocycles. The van der Waals surface area contributed by atoms with Gasteiger partial charge >= 0.3 is 0 Å². The van der Waals surface area contributed by atoms with Gasteiger partial charge in [0.25, 0.3) is 0 Å². The van der Waals surface area contributed by atoms with Gasteiger partial charge in [-0.15, -0.1) is 0 Å². The fraction of sp³-hybridized carbons (Fsp3) is 0.444. The minimum atomic E-state index is -0.255. The molecule has 0 bridgehead atoms. The Bertz CT molecular complexity index is 860. The first-order chi connectivity index (χ1) is 15.0. The number of carbonyl (C=O) groups excluding carboxylic acids is 1. The summed E-state index contributed by atoms with van der Waals surface area (Å²) < 4.78 is 18.7. The number of allylic oxidation sites excluding steroid dienone is 1. The second kappa shape index (κ2) is 11.2. The normalized spacial score (nSPS) is 23.2. The molecule has 4 heteroatoms. The molecule has 3 nitrogen and oxygen atoms in total. The molecule has 1 aliphatic heterocycles. The zero-order valence-electron chi connectivity index (χ0n) is 18.9. The van der Waals surface area contributed by atoms with Crippen molar-refractivity contribution in [2.45, 2.75) is 51.5 Å². The van der Waals surface area contributed by atoms with Gasteiger partial charge in [-0.05, 0) is 61.7 Å². The van der Waals surface area contributed by atoms with Crippen LogP contribution < -0.4 is 4.74 Å². The maximum Gasteiger partial charge on any atom is 0.154 e. The highest BCUT2D eigenvalue weighted by Gasteiger charge is 2.34. The Kier molecular flexibility index (Phi) is 8.42. The summed E-state index contributed by atoms with van der Waals surface area (Å²) in [5.41, 5.74) is 2.08. The number of rotatable bonds is 8. The first kappa shape index (κ1) is 23.2. The predicted octanol–water partition coefficient (Wildman–Crippen LogP) is 5.80. The van der Waals surface area contributed by atoms with Gasteiger partial charge in [-0.1, -0.05) is 56.2 Å². The van der Waals surface area contributed by atoms with Crippen molar-refractivity contribution in [3.05, 3.63) is 77.6 Å². The number of methoxy groups -OCH3 is 1. The number of ketones is 1. The Morgan fingerprint density at radius 3 is 2.42 bits per heavy atom. The number of hydrogen-bond acceptors (Lipinski definition) is 3. The summed E-state index contributed by atoms with van der Waals surface area (Å²) in [6, 6.07) is 14.4. The lowest BCUT2D eigenvalue weighted by atomic mass is 9.76. The molecule has 0 fully saturated rings. The molecule has 166 valence electrons. The standard InChI is InChI=1S/C27H34FNO2/c1-4-5-6-17-29-18-7-8-25(22-11-15-24(31-3)16-12-22)26(27(30)20(29)2)19-21-9-13-23(28)14-10-21/h7-16,20,25-26H,4-6,17-19H2,1-3H3/b8-7-/t20-,25-,26-/m0/s1. The van der Waals surface area contributed by atoms with Crippen LogP contribution in [-0.4, -0.2) is 36.9 Å². The first-order valence-corrected chi connectivity index (χ1v) is 11.4. The highest BCUT2D eigenvalue weighted by molar-refractivity contribution is 5.87. The lowest BCUT2D eigenvalue weighted by Crippen LogP contribution is -2.45. The minimum absolute atomic E-state index is 0.0244. The topological polar surface area (TPSA) is 29.5 Å². The highest BCUT2D eigenvalue weighted by Crippen LogP contribution is 2.34. The van der Waals surface area contributed by atoms with Crippen LogP contribution in [0.15, 0.2) is 60.7 Å². The Morgan fingerprint density at radius 1 is 1.06 bits per heavy atom. The molecular weight excluding hydrogens is 389 g/mol. The van der Waals surface area contributed by atoms with Crippen LogP contribution in [0.25, 0.3) is 0 Å². The molecule has 0 spiro atoms. The zero-order chi connectivity index (χ0) is 22.2. The van der Waals surface area contributed by atoms with E-state index in [-0.39, 0.29) is 29.5 Å². The summed E-state index contributed by atoms with van der Waals surface area (Å²) in [7, 11) is 1.65. The number of hydrogen-bond donors (Lipinski definition) is 0. The van der Waals surface area contributed by atoms with Crippen LogP contribution in [-0.2, 0) is 11.2 Å². The second-order valence-electron chi connectivity index (χ2n) is 8.44. The number of Topliss-reactive ketones (excluding diaryl/α,β-unsaturated/α-hetero) is 1. The number of carbonyl (C=O) groups is 1. The van der Waals surface area contributed by atoms with Gasteiger partial charge in [0.1, 0.15) is 11.6 Å². The molecule has 0 N–H and O–H groups in total. The predicted molar refractivity (Wildman–Crippen MR) is 124 cm³/mol. The van der Waals surface area contributed by atoms with E-state index < -0.39 is 0 Å². The van der Waals surface area contributed by atoms with Crippen LogP contribution in [0.3, 0.4) is 0 Å². The van der Waals surface area contributed by atoms with Crippen LogP contribution >= 0.6 is 0 Å². The fourth-order valence-corrected chi connectivity index (χ4v) is 4.42. The Hall–Kier alpha value is -2.46. The Balaban J connectivity index is 1.92. The van der Waals surface area contributed by atoms with E-state index in [1.807, 2.05) is 31.2 Å². The van der Waals surface area contributed by atoms with Gasteiger partial charge in [0, 0.05) is 18.4 Å². The van der Waals surface area contributed by atoms with Crippen LogP contribution in [0.5, 0.6) is 5.75 Å². The Labute approximate surface area is 185 Å². The summed E-state index contributed by atoms with van der Waals surface area (Å²) >= 11 is 0. The van der Waals surface area contributed by atoms with E-state index in [4.69, 9.17) is 4.74 Å². The zero-order valence-corrected chi connectivity index (χ0v) is 18.9. The van der Waals surface area contributed by atoms with Crippen LogP contribution in [0.1, 0.15) is 50.2 Å². The monoisotopic (exact) mass is 423 g/mol. The summed E-state index contributed by atoms with van der Waals surface area (Å²) in [5.74, 6) is 0.569. The van der Waals surface area contributed by atoms with Crippen molar-refractivity contribution in [2.24, 2.45) is 5.92 Å². The van der Waals surface area contributed by atoms with Crippen molar-refractivity contribution in [3.63, 3.8) is 0 Å². The number of unbranched alkanes of at least 4 members (excludes halogenated alkanes) is 2. The van der Waals surface area contributed by atoms with E-state index in [1.165, 1.54) is 25.0 Å². The first-order valence-electron chi connectivity index (χ1n) is 11.4. The number of nitrogens with zero attached hydrogens (tertiary/aromatic N) is 1. The quantitative estimate of drug-likeness (QED) is 0.397. The van der Waals surface area contributed by atoms with Crippen molar-refractivity contribution in [1.29, 1.82) is 0 Å². The summed E-state index contributed by atoms with van der Waals surface area (Å²) in [4.78, 5) is 16.0. The third-order valence-corrected chi connectivity index (χ3v) is 6.36. The van der Waals surface area contributed by atoms with E-state index in [0.717, 1.165) is 36.4 Å². The maximum atomic E-state index is 13.7. The third-order valence-electron chi connectivity index (χ3n) is 6.36. The van der Waals surface area contributed by atoms with Crippen LogP contribution in [0.4, 0.5) is 4.39 Å². The highest BCUT2D eigenvalue weighted by atomic mass is 19.1. The fourth-order valence-electron chi connectivity index (χ4n) is 4.42. The molecule has 0 saturated carbocycles. The third kappa shape index (κ3) is 6.04. The average Bonchev–Trinajstić information content (AvgIpc) is 2.79. The van der Waals surface area contributed by atoms with E-state index >= 15 is 0 Å². The maximum absolute atomic E-state index is 13.7. The molecule has 3 rings (SSSR count). The van der Waals surface area contributed by atoms with E-state index in [9.17, 15) is 9.18 Å². The number of benzene rings is 2. The van der Waals surface area contributed by atoms with Crippen molar-refractivity contribution in [1.82, 2.24) is 4.90 Å². The molecule has 0 amide bonds. The molecule has 0 unspecified atom stereocenters. The Morgan fingerprint density at radius 2 is 1.77 bits per heavy atom. The molecule has 1 aliphatic rings. The summed E-state index contributed by atoms with van der Waals surface area (Å²) in [5, 5.41) is 0. The lowest BCUT2D eigenvalue weighted by Gasteiger charge is -2.35. The largest absolute Gasteiger partial charge is 0.497 e. The van der Waals surface area contributed by atoms with Gasteiger partial charge in [0.2, 0.25) is 0 Å². The van der Waals surface area contributed by atoms with E-state index in [0.29, 0.717) is 6.42 Å². The lowest BCUT2D eigenvalue weighted by molar-refractivity contribution is -0.128. The molecule has 1 heterocycles. The van der Waals surface area contributed by atoms with E-state index in [1.54, 1.807) is 19.2 Å². The van der Waals surface area contributed by atoms with Crippen molar-refractivity contribution in [3.8, 4) is 5.75 Å².